The summed E-state index contributed by atoms with van der Waals surface area (Å²) in [5.41, 5.74) is 15.4. The van der Waals surface area contributed by atoms with Gasteiger partial charge in [0.2, 0.25) is 0 Å². The number of hydrogen-bond donors (Lipinski definition) is 0. The number of aromatic nitrogens is 1. The molecule has 2 atom stereocenters. The summed E-state index contributed by atoms with van der Waals surface area (Å²) in [5, 5.41) is 6.67. The van der Waals surface area contributed by atoms with Crippen molar-refractivity contribution in [2.45, 2.75) is 31.7 Å². The summed E-state index contributed by atoms with van der Waals surface area (Å²) in [7, 11) is 0. The van der Waals surface area contributed by atoms with Crippen molar-refractivity contribution in [3.63, 3.8) is 0 Å². The van der Waals surface area contributed by atoms with Crippen LogP contribution in [-0.2, 0) is 6.42 Å². The summed E-state index contributed by atoms with van der Waals surface area (Å²) in [5.74, 6) is 1.25. The largest absolute Gasteiger partial charge is 0.456 e. The highest BCUT2D eigenvalue weighted by Gasteiger charge is 2.28. The van der Waals surface area contributed by atoms with Gasteiger partial charge >= 0.3 is 0 Å². The van der Waals surface area contributed by atoms with E-state index in [2.05, 4.69) is 157 Å². The van der Waals surface area contributed by atoms with Crippen LogP contribution in [0.5, 0.6) is 0 Å². The van der Waals surface area contributed by atoms with Crippen LogP contribution in [0.4, 0.5) is 0 Å². The van der Waals surface area contributed by atoms with Gasteiger partial charge in [0, 0.05) is 33.2 Å². The van der Waals surface area contributed by atoms with E-state index >= 15 is 0 Å². The van der Waals surface area contributed by atoms with Gasteiger partial charge in [-0.15, -0.1) is 0 Å². The van der Waals surface area contributed by atoms with Gasteiger partial charge in [0.25, 0.3) is 0 Å². The van der Waals surface area contributed by atoms with Gasteiger partial charge in [-0.2, -0.15) is 0 Å². The third-order valence-corrected chi connectivity index (χ3v) is 11.3. The summed E-state index contributed by atoms with van der Waals surface area (Å²) in [6.07, 6.45) is 13.5. The number of hydrogen-bond acceptors (Lipinski definition) is 1. The van der Waals surface area contributed by atoms with Gasteiger partial charge in [-0.3, -0.25) is 0 Å². The lowest BCUT2D eigenvalue weighted by Crippen LogP contribution is -2.08. The molecule has 0 amide bonds. The first-order chi connectivity index (χ1) is 24.2. The number of nitrogens with zero attached hydrogens (tertiary/aromatic N) is 1. The van der Waals surface area contributed by atoms with Crippen molar-refractivity contribution in [1.29, 1.82) is 0 Å². The van der Waals surface area contributed by atoms with E-state index in [1.165, 1.54) is 88.0 Å². The molecule has 3 aliphatic rings. The highest BCUT2D eigenvalue weighted by molar-refractivity contribution is 6.29. The lowest BCUT2D eigenvalue weighted by molar-refractivity contribution is 0.592. The second kappa shape index (κ2) is 10.1. The van der Waals surface area contributed by atoms with Crippen molar-refractivity contribution in [1.82, 2.24) is 4.57 Å². The Balaban J connectivity index is 1.10. The Hall–Kier alpha value is -5.86. The van der Waals surface area contributed by atoms with Gasteiger partial charge in [0.1, 0.15) is 11.3 Å². The molecule has 2 heteroatoms. The van der Waals surface area contributed by atoms with Crippen LogP contribution in [0.1, 0.15) is 42.2 Å². The third-order valence-electron chi connectivity index (χ3n) is 11.3. The van der Waals surface area contributed by atoms with Crippen molar-refractivity contribution in [2.75, 3.05) is 0 Å². The Bertz CT molecular complexity index is 2780. The third kappa shape index (κ3) is 3.89. The van der Waals surface area contributed by atoms with Crippen molar-refractivity contribution >= 4 is 49.6 Å². The van der Waals surface area contributed by atoms with Crippen LogP contribution in [0.3, 0.4) is 0 Å². The predicted molar refractivity (Wildman–Crippen MR) is 205 cm³/mol. The zero-order valence-electron chi connectivity index (χ0n) is 27.3. The number of rotatable bonds is 3. The van der Waals surface area contributed by atoms with Crippen LogP contribution in [0.15, 0.2) is 150 Å². The molecule has 0 bridgehead atoms. The summed E-state index contributed by atoms with van der Waals surface area (Å²) in [6.45, 7) is 2.20. The monoisotopic (exact) mass is 627 g/mol. The topological polar surface area (TPSA) is 18.1 Å². The average Bonchev–Trinajstić information content (AvgIpc) is 3.80. The first-order valence-electron chi connectivity index (χ1n) is 17.5. The highest BCUT2D eigenvalue weighted by Crippen LogP contribution is 2.51. The molecular formula is C47H33NO. The lowest BCUT2D eigenvalue weighted by atomic mass is 9.86. The molecule has 2 unspecified atom stereocenters. The average molecular weight is 628 g/mol. The molecule has 0 saturated carbocycles. The lowest BCUT2D eigenvalue weighted by Gasteiger charge is -2.21. The second-order valence-corrected chi connectivity index (χ2v) is 14.0. The van der Waals surface area contributed by atoms with Gasteiger partial charge in [0.05, 0.1) is 11.6 Å². The maximum Gasteiger partial charge on any atom is 0.135 e. The molecule has 0 saturated heterocycles. The molecule has 0 fully saturated rings. The van der Waals surface area contributed by atoms with E-state index < -0.39 is 0 Å². The first kappa shape index (κ1) is 27.1. The van der Waals surface area contributed by atoms with E-state index in [1.54, 1.807) is 0 Å². The van der Waals surface area contributed by atoms with E-state index in [0.29, 0.717) is 0 Å². The normalized spacial score (nSPS) is 17.7. The standard InChI is InChI=1S/C47H33NO/c1-28-14-19-33(20-15-28)48-42-21-16-31(32-18-23-45-39(25-32)38-24-30(17-22-44(38)49-45)29-8-3-2-4-9-29)26-41(42)47-37-13-7-12-36-34-10-5-6-11-35(34)40(46(36)37)27-43(47)48/h2-19,21-24,26-27,32-33H,20,25H2,1H3. The molecule has 2 nitrogen and oxygen atoms in total. The summed E-state index contributed by atoms with van der Waals surface area (Å²) >= 11 is 0. The fraction of sp³-hybridized carbons (Fsp3) is 0.106. The SMILES string of the molecule is CC1=CCC(n2c3ccc(C4C=Cc5oc6ccc(-c7ccccc7)cc6c5C4)cc3c3c4cccc5c4c(cc32)-c2ccccc2-5)C=C1. The predicted octanol–water partition coefficient (Wildman–Crippen LogP) is 12.8. The molecule has 2 heterocycles. The molecule has 6 aromatic carbocycles. The fourth-order valence-corrected chi connectivity index (χ4v) is 8.97. The summed E-state index contributed by atoms with van der Waals surface area (Å²) in [4.78, 5) is 0. The smallest absolute Gasteiger partial charge is 0.135 e. The molecule has 0 N–H and O–H groups in total. The molecule has 11 rings (SSSR count). The molecule has 8 aromatic rings. The van der Waals surface area contributed by atoms with Gasteiger partial charge in [0.15, 0.2) is 0 Å². The van der Waals surface area contributed by atoms with Gasteiger partial charge in [-0.25, -0.2) is 0 Å². The van der Waals surface area contributed by atoms with Crippen molar-refractivity contribution in [3.05, 3.63) is 162 Å². The Morgan fingerprint density at radius 1 is 0.612 bits per heavy atom. The van der Waals surface area contributed by atoms with Crippen molar-refractivity contribution < 1.29 is 4.42 Å². The maximum absolute atomic E-state index is 6.37. The maximum atomic E-state index is 6.37. The summed E-state index contributed by atoms with van der Waals surface area (Å²) < 4.78 is 8.99. The minimum atomic E-state index is 0.262. The van der Waals surface area contributed by atoms with E-state index in [4.69, 9.17) is 4.42 Å². The zero-order chi connectivity index (χ0) is 32.2. The van der Waals surface area contributed by atoms with Crippen LogP contribution in [-0.4, -0.2) is 4.57 Å². The number of fused-ring (bicyclic) bond motifs is 10. The minimum absolute atomic E-state index is 0.262. The quantitative estimate of drug-likeness (QED) is 0.191. The second-order valence-electron chi connectivity index (χ2n) is 14.0. The molecule has 3 aliphatic carbocycles. The van der Waals surface area contributed by atoms with Crippen LogP contribution in [0.25, 0.3) is 83.0 Å². The van der Waals surface area contributed by atoms with E-state index in [0.717, 1.165) is 24.2 Å². The molecule has 232 valence electrons. The highest BCUT2D eigenvalue weighted by atomic mass is 16.3. The molecule has 2 aromatic heterocycles. The Kier molecular flexibility index (Phi) is 5.58. The van der Waals surface area contributed by atoms with E-state index in [9.17, 15) is 0 Å². The number of benzene rings is 6. The number of furan rings is 1. The van der Waals surface area contributed by atoms with Crippen LogP contribution in [0.2, 0.25) is 0 Å². The molecule has 49 heavy (non-hydrogen) atoms. The van der Waals surface area contributed by atoms with Crippen LogP contribution >= 0.6 is 0 Å². The Morgan fingerprint density at radius 3 is 2.31 bits per heavy atom. The molecule has 0 aliphatic heterocycles. The van der Waals surface area contributed by atoms with Gasteiger partial charge < -0.3 is 8.98 Å². The van der Waals surface area contributed by atoms with Gasteiger partial charge in [-0.1, -0.05) is 115 Å². The van der Waals surface area contributed by atoms with E-state index in [1.807, 2.05) is 0 Å². The minimum Gasteiger partial charge on any atom is -0.456 e. The van der Waals surface area contributed by atoms with E-state index in [-0.39, 0.29) is 12.0 Å². The molecular weight excluding hydrogens is 595 g/mol. The van der Waals surface area contributed by atoms with Crippen LogP contribution < -0.4 is 0 Å². The van der Waals surface area contributed by atoms with Gasteiger partial charge in [-0.05, 0) is 106 Å². The fourth-order valence-electron chi connectivity index (χ4n) is 8.97. The zero-order valence-corrected chi connectivity index (χ0v) is 27.3. The van der Waals surface area contributed by atoms with Crippen LogP contribution in [0, 0.1) is 0 Å². The Labute approximate surface area is 284 Å². The number of allylic oxidation sites excluding steroid dienone is 5. The van der Waals surface area contributed by atoms with Crippen molar-refractivity contribution in [2.24, 2.45) is 0 Å². The summed E-state index contributed by atoms with van der Waals surface area (Å²) in [6, 6.07) is 43.1. The first-order valence-corrected chi connectivity index (χ1v) is 17.5. The Morgan fingerprint density at radius 2 is 1.45 bits per heavy atom. The molecule has 0 spiro atoms. The molecule has 0 radical (unpaired) electrons. The van der Waals surface area contributed by atoms with Crippen molar-refractivity contribution in [3.8, 4) is 33.4 Å².